The second-order valence-electron chi connectivity index (χ2n) is 4.96. The highest BCUT2D eigenvalue weighted by Gasteiger charge is 2.01. The lowest BCUT2D eigenvalue weighted by Gasteiger charge is -2.07. The van der Waals surface area contributed by atoms with Crippen molar-refractivity contribution >= 4 is 6.09 Å². The molecule has 1 N–H and O–H groups in total. The van der Waals surface area contributed by atoms with Gasteiger partial charge >= 0.3 is 6.09 Å². The normalized spacial score (nSPS) is 10.2. The fourth-order valence-corrected chi connectivity index (χ4v) is 2.10. The molecule has 0 fully saturated rings. The van der Waals surface area contributed by atoms with Crippen molar-refractivity contribution in [3.63, 3.8) is 0 Å². The number of nitrogens with one attached hydrogen (secondary N) is 1. The minimum atomic E-state index is -0.353. The van der Waals surface area contributed by atoms with Crippen LogP contribution in [0, 0.1) is 6.92 Å². The molecule has 0 radical (unpaired) electrons. The van der Waals surface area contributed by atoms with Gasteiger partial charge < -0.3 is 10.1 Å². The lowest BCUT2D eigenvalue weighted by atomic mass is 10.0. The number of hydrogen-bond donors (Lipinski definition) is 1. The van der Waals surface area contributed by atoms with Crippen molar-refractivity contribution in [2.24, 2.45) is 0 Å². The Morgan fingerprint density at radius 3 is 2.14 bits per heavy atom. The quantitative estimate of drug-likeness (QED) is 0.902. The Morgan fingerprint density at radius 1 is 1.00 bits per heavy atom. The van der Waals surface area contributed by atoms with Gasteiger partial charge in [0.15, 0.2) is 0 Å². The molecule has 3 nitrogen and oxygen atoms in total. The summed E-state index contributed by atoms with van der Waals surface area (Å²) in [4.78, 5) is 11.2. The average Bonchev–Trinajstić information content (AvgIpc) is 2.49. The van der Waals surface area contributed by atoms with Gasteiger partial charge in [-0.1, -0.05) is 54.1 Å². The van der Waals surface area contributed by atoms with E-state index in [-0.39, 0.29) is 6.09 Å². The van der Waals surface area contributed by atoms with Gasteiger partial charge in [-0.15, -0.1) is 0 Å². The maximum Gasteiger partial charge on any atom is 0.407 e. The number of carbonyl (C=O) groups excluding carboxylic acids is 1. The monoisotopic (exact) mass is 283 g/mol. The molecule has 0 atom stereocenters. The largest absolute Gasteiger partial charge is 0.450 e. The van der Waals surface area contributed by atoms with Crippen molar-refractivity contribution in [1.82, 2.24) is 5.32 Å². The molecule has 2 rings (SSSR count). The van der Waals surface area contributed by atoms with Crippen molar-refractivity contribution in [2.75, 3.05) is 13.2 Å². The summed E-state index contributed by atoms with van der Waals surface area (Å²) in [5.74, 6) is 0. The van der Waals surface area contributed by atoms with Crippen LogP contribution in [-0.2, 0) is 11.2 Å². The van der Waals surface area contributed by atoms with E-state index in [1.807, 2.05) is 0 Å². The minimum Gasteiger partial charge on any atom is -0.450 e. The van der Waals surface area contributed by atoms with Crippen LogP contribution >= 0.6 is 0 Å². The van der Waals surface area contributed by atoms with E-state index in [4.69, 9.17) is 4.74 Å². The molecule has 2 aromatic carbocycles. The van der Waals surface area contributed by atoms with Gasteiger partial charge in [0.1, 0.15) is 0 Å². The number of alkyl carbamates (subject to hydrolysis) is 1. The highest BCUT2D eigenvalue weighted by molar-refractivity contribution is 5.67. The number of hydrogen-bond acceptors (Lipinski definition) is 2. The van der Waals surface area contributed by atoms with E-state index in [1.165, 1.54) is 22.3 Å². The molecule has 0 heterocycles. The molecule has 0 aliphatic heterocycles. The summed E-state index contributed by atoms with van der Waals surface area (Å²) in [6.45, 7) is 4.87. The molecule has 0 saturated carbocycles. The van der Waals surface area contributed by atoms with Crippen LogP contribution in [0.25, 0.3) is 11.1 Å². The van der Waals surface area contributed by atoms with Crippen LogP contribution in [0.3, 0.4) is 0 Å². The van der Waals surface area contributed by atoms with Crippen LogP contribution in [0.2, 0.25) is 0 Å². The Kier molecular flexibility index (Phi) is 5.38. The van der Waals surface area contributed by atoms with Crippen LogP contribution < -0.4 is 5.32 Å². The highest BCUT2D eigenvalue weighted by Crippen LogP contribution is 2.20. The van der Waals surface area contributed by atoms with Gasteiger partial charge in [-0.05, 0) is 37.0 Å². The number of ether oxygens (including phenoxy) is 1. The first kappa shape index (κ1) is 15.1. The minimum absolute atomic E-state index is 0.353. The molecular weight excluding hydrogens is 262 g/mol. The molecule has 0 bridgehead atoms. The predicted molar refractivity (Wildman–Crippen MR) is 85.3 cm³/mol. The van der Waals surface area contributed by atoms with Gasteiger partial charge in [-0.3, -0.25) is 0 Å². The lowest BCUT2D eigenvalue weighted by Crippen LogP contribution is -2.26. The second-order valence-corrected chi connectivity index (χ2v) is 4.96. The maximum absolute atomic E-state index is 11.2. The number of benzene rings is 2. The standard InChI is InChI=1S/C18H21NO2/c1-3-21-18(20)19-13-12-15-6-10-17(11-7-15)16-8-4-14(2)5-9-16/h4-11H,3,12-13H2,1-2H3,(H,19,20). The molecule has 0 unspecified atom stereocenters. The van der Waals surface area contributed by atoms with Crippen LogP contribution in [0.15, 0.2) is 48.5 Å². The summed E-state index contributed by atoms with van der Waals surface area (Å²) < 4.78 is 4.82. The fraction of sp³-hybridized carbons (Fsp3) is 0.278. The Morgan fingerprint density at radius 2 is 1.57 bits per heavy atom. The van der Waals surface area contributed by atoms with Crippen LogP contribution in [-0.4, -0.2) is 19.2 Å². The number of amides is 1. The number of aryl methyl sites for hydroxylation is 1. The third-order valence-corrected chi connectivity index (χ3v) is 3.30. The summed E-state index contributed by atoms with van der Waals surface area (Å²) in [7, 11) is 0. The van der Waals surface area contributed by atoms with Gasteiger partial charge in [0, 0.05) is 6.54 Å². The molecule has 0 aromatic heterocycles. The van der Waals surface area contributed by atoms with Crippen molar-refractivity contribution in [2.45, 2.75) is 20.3 Å². The van der Waals surface area contributed by atoms with E-state index in [9.17, 15) is 4.79 Å². The van der Waals surface area contributed by atoms with Crippen molar-refractivity contribution in [3.05, 3.63) is 59.7 Å². The third kappa shape index (κ3) is 4.63. The lowest BCUT2D eigenvalue weighted by molar-refractivity contribution is 0.152. The van der Waals surface area contributed by atoms with Gasteiger partial charge in [0.25, 0.3) is 0 Å². The Hall–Kier alpha value is -2.29. The molecular formula is C18H21NO2. The molecule has 0 saturated heterocycles. The van der Waals surface area contributed by atoms with E-state index in [1.54, 1.807) is 6.92 Å². The van der Waals surface area contributed by atoms with E-state index in [0.29, 0.717) is 13.2 Å². The van der Waals surface area contributed by atoms with Gasteiger partial charge in [-0.25, -0.2) is 4.79 Å². The maximum atomic E-state index is 11.2. The van der Waals surface area contributed by atoms with E-state index < -0.39 is 0 Å². The fourth-order valence-electron chi connectivity index (χ4n) is 2.10. The van der Waals surface area contributed by atoms with Crippen molar-refractivity contribution in [3.8, 4) is 11.1 Å². The zero-order chi connectivity index (χ0) is 15.1. The molecule has 2 aromatic rings. The third-order valence-electron chi connectivity index (χ3n) is 3.30. The molecule has 0 spiro atoms. The van der Waals surface area contributed by atoms with Gasteiger partial charge in [-0.2, -0.15) is 0 Å². The Labute approximate surface area is 126 Å². The van der Waals surface area contributed by atoms with Crippen molar-refractivity contribution < 1.29 is 9.53 Å². The van der Waals surface area contributed by atoms with E-state index >= 15 is 0 Å². The van der Waals surface area contributed by atoms with E-state index in [0.717, 1.165) is 6.42 Å². The molecule has 110 valence electrons. The van der Waals surface area contributed by atoms with Crippen LogP contribution in [0.1, 0.15) is 18.1 Å². The Balaban J connectivity index is 1.90. The number of rotatable bonds is 5. The average molecular weight is 283 g/mol. The van der Waals surface area contributed by atoms with Crippen LogP contribution in [0.5, 0.6) is 0 Å². The number of carbonyl (C=O) groups is 1. The van der Waals surface area contributed by atoms with Gasteiger partial charge in [0.2, 0.25) is 0 Å². The van der Waals surface area contributed by atoms with Crippen LogP contribution in [0.4, 0.5) is 4.79 Å². The zero-order valence-corrected chi connectivity index (χ0v) is 12.6. The topological polar surface area (TPSA) is 38.3 Å². The summed E-state index contributed by atoms with van der Waals surface area (Å²) in [6.07, 6.45) is 0.446. The predicted octanol–water partition coefficient (Wildman–Crippen LogP) is 3.95. The summed E-state index contributed by atoms with van der Waals surface area (Å²) >= 11 is 0. The Bertz CT molecular complexity index is 573. The first-order chi connectivity index (χ1) is 10.2. The first-order valence-corrected chi connectivity index (χ1v) is 7.25. The van der Waals surface area contributed by atoms with E-state index in [2.05, 4.69) is 60.8 Å². The SMILES string of the molecule is CCOC(=O)NCCc1ccc(-c2ccc(C)cc2)cc1. The first-order valence-electron chi connectivity index (χ1n) is 7.25. The van der Waals surface area contributed by atoms with Gasteiger partial charge in [0.05, 0.1) is 6.61 Å². The second kappa shape index (κ2) is 7.48. The summed E-state index contributed by atoms with van der Waals surface area (Å²) in [6, 6.07) is 16.9. The molecule has 0 aliphatic rings. The summed E-state index contributed by atoms with van der Waals surface area (Å²) in [5, 5.41) is 2.72. The molecule has 1 amide bonds. The zero-order valence-electron chi connectivity index (χ0n) is 12.6. The van der Waals surface area contributed by atoms with Crippen molar-refractivity contribution in [1.29, 1.82) is 0 Å². The summed E-state index contributed by atoms with van der Waals surface area (Å²) in [5.41, 5.74) is 4.89. The molecule has 0 aliphatic carbocycles. The molecule has 3 heteroatoms. The smallest absolute Gasteiger partial charge is 0.407 e. The molecule has 21 heavy (non-hydrogen) atoms. The highest BCUT2D eigenvalue weighted by atomic mass is 16.5.